The number of carbonyl (C=O) groups is 1. The van der Waals surface area contributed by atoms with Crippen LogP contribution in [0, 0.1) is 23.1 Å². The highest BCUT2D eigenvalue weighted by Gasteiger charge is 2.41. The number of halogens is 2. The van der Waals surface area contributed by atoms with Crippen LogP contribution < -0.4 is 5.32 Å². The van der Waals surface area contributed by atoms with Gasteiger partial charge >= 0.3 is 5.97 Å². The summed E-state index contributed by atoms with van der Waals surface area (Å²) in [5, 5.41) is 12.9. The fourth-order valence-corrected chi connectivity index (χ4v) is 3.44. The van der Waals surface area contributed by atoms with Crippen molar-refractivity contribution in [2.45, 2.75) is 44.8 Å². The molecule has 0 spiro atoms. The molecule has 0 aromatic heterocycles. The van der Waals surface area contributed by atoms with Gasteiger partial charge in [-0.15, -0.1) is 0 Å². The number of esters is 1. The van der Waals surface area contributed by atoms with Gasteiger partial charge < -0.3 is 10.1 Å². The topological polar surface area (TPSA) is 62.1 Å². The highest BCUT2D eigenvalue weighted by molar-refractivity contribution is 6.30. The van der Waals surface area contributed by atoms with Gasteiger partial charge in [0.1, 0.15) is 11.4 Å². The van der Waals surface area contributed by atoms with E-state index in [0.29, 0.717) is 18.5 Å². The number of nitrogens with one attached hydrogen (secondary N) is 1. The Labute approximate surface area is 140 Å². The first-order valence-electron chi connectivity index (χ1n) is 7.51. The van der Waals surface area contributed by atoms with Crippen LogP contribution in [-0.4, -0.2) is 24.2 Å². The molecule has 1 N–H and O–H groups in total. The quantitative estimate of drug-likeness (QED) is 0.855. The minimum absolute atomic E-state index is 0.0582. The summed E-state index contributed by atoms with van der Waals surface area (Å²) < 4.78 is 19.6. The Bertz CT molecular complexity index is 642. The SMILES string of the molecule is CC(=O)OC(C)(C)CC1NCC(c2cccc(Cl)c2F)C1C#N. The molecule has 124 valence electrons. The molecule has 6 heteroatoms. The number of carbonyl (C=O) groups excluding carboxylic acids is 1. The Morgan fingerprint density at radius 3 is 2.87 bits per heavy atom. The predicted molar refractivity (Wildman–Crippen MR) is 85.5 cm³/mol. The average molecular weight is 339 g/mol. The molecule has 0 bridgehead atoms. The fourth-order valence-electron chi connectivity index (χ4n) is 3.26. The molecule has 0 amide bonds. The standard InChI is InChI=1S/C17H20ClFN2O2/c1-10(22)23-17(2,3)7-15-12(8-20)13(9-21-15)11-5-4-6-14(18)16(11)19/h4-6,12-13,15,21H,7,9H2,1-3H3. The van der Waals surface area contributed by atoms with Gasteiger partial charge in [0.25, 0.3) is 0 Å². The minimum atomic E-state index is -0.694. The number of rotatable bonds is 4. The molecule has 0 radical (unpaired) electrons. The van der Waals surface area contributed by atoms with E-state index in [4.69, 9.17) is 16.3 Å². The normalized spacial score (nSPS) is 24.3. The summed E-state index contributed by atoms with van der Waals surface area (Å²) in [6.45, 7) is 5.45. The molecule has 1 aromatic rings. The van der Waals surface area contributed by atoms with E-state index in [9.17, 15) is 14.4 Å². The van der Waals surface area contributed by atoms with Crippen LogP contribution in [0.15, 0.2) is 18.2 Å². The van der Waals surface area contributed by atoms with Gasteiger partial charge in [-0.05, 0) is 25.5 Å². The van der Waals surface area contributed by atoms with Crippen LogP contribution in [0.3, 0.4) is 0 Å². The molecule has 1 aliphatic heterocycles. The van der Waals surface area contributed by atoms with Crippen molar-refractivity contribution in [3.8, 4) is 6.07 Å². The first kappa shape index (κ1) is 17.7. The van der Waals surface area contributed by atoms with E-state index in [-0.39, 0.29) is 23.0 Å². The fraction of sp³-hybridized carbons (Fsp3) is 0.529. The summed E-state index contributed by atoms with van der Waals surface area (Å²) in [5.74, 6) is -1.53. The van der Waals surface area contributed by atoms with Gasteiger partial charge in [-0.2, -0.15) is 5.26 Å². The highest BCUT2D eigenvalue weighted by Crippen LogP contribution is 2.37. The van der Waals surface area contributed by atoms with Gasteiger partial charge in [-0.25, -0.2) is 4.39 Å². The summed E-state index contributed by atoms with van der Waals surface area (Å²) in [4.78, 5) is 11.2. The van der Waals surface area contributed by atoms with Crippen molar-refractivity contribution in [2.24, 2.45) is 5.92 Å². The Balaban J connectivity index is 2.20. The maximum Gasteiger partial charge on any atom is 0.303 e. The van der Waals surface area contributed by atoms with Crippen molar-refractivity contribution in [3.05, 3.63) is 34.6 Å². The first-order valence-corrected chi connectivity index (χ1v) is 7.89. The Kier molecular flexibility index (Phi) is 5.28. The lowest BCUT2D eigenvalue weighted by Crippen LogP contribution is -2.38. The van der Waals surface area contributed by atoms with Crippen LogP contribution in [0.4, 0.5) is 4.39 Å². The van der Waals surface area contributed by atoms with Gasteiger partial charge in [0.15, 0.2) is 0 Å². The second-order valence-electron chi connectivity index (χ2n) is 6.48. The maximum atomic E-state index is 14.3. The van der Waals surface area contributed by atoms with E-state index in [2.05, 4.69) is 11.4 Å². The number of benzene rings is 1. The van der Waals surface area contributed by atoms with Gasteiger partial charge in [0.05, 0.1) is 17.0 Å². The third-order valence-corrected chi connectivity index (χ3v) is 4.42. The second-order valence-corrected chi connectivity index (χ2v) is 6.88. The van der Waals surface area contributed by atoms with E-state index >= 15 is 0 Å². The second kappa shape index (κ2) is 6.86. The summed E-state index contributed by atoms with van der Waals surface area (Å²) in [5.41, 5.74) is -0.246. The van der Waals surface area contributed by atoms with E-state index < -0.39 is 17.3 Å². The van der Waals surface area contributed by atoms with Crippen LogP contribution in [-0.2, 0) is 9.53 Å². The van der Waals surface area contributed by atoms with E-state index in [1.807, 2.05) is 0 Å². The summed E-state index contributed by atoms with van der Waals surface area (Å²) >= 11 is 5.85. The largest absolute Gasteiger partial charge is 0.460 e. The van der Waals surface area contributed by atoms with Crippen LogP contribution >= 0.6 is 11.6 Å². The highest BCUT2D eigenvalue weighted by atomic mass is 35.5. The van der Waals surface area contributed by atoms with E-state index in [0.717, 1.165) is 0 Å². The minimum Gasteiger partial charge on any atom is -0.460 e. The zero-order valence-electron chi connectivity index (χ0n) is 13.4. The molecule has 3 unspecified atom stereocenters. The summed E-state index contributed by atoms with van der Waals surface area (Å²) in [6.07, 6.45) is 0.476. The van der Waals surface area contributed by atoms with E-state index in [1.165, 1.54) is 13.0 Å². The van der Waals surface area contributed by atoms with Crippen molar-refractivity contribution >= 4 is 17.6 Å². The van der Waals surface area contributed by atoms with Crippen molar-refractivity contribution in [1.82, 2.24) is 5.32 Å². The lowest BCUT2D eigenvalue weighted by Gasteiger charge is -2.29. The zero-order valence-corrected chi connectivity index (χ0v) is 14.2. The number of hydrogen-bond donors (Lipinski definition) is 1. The van der Waals surface area contributed by atoms with Crippen molar-refractivity contribution < 1.29 is 13.9 Å². The summed E-state index contributed by atoms with van der Waals surface area (Å²) in [6, 6.07) is 6.93. The summed E-state index contributed by atoms with van der Waals surface area (Å²) in [7, 11) is 0. The third-order valence-electron chi connectivity index (χ3n) is 4.13. The first-order chi connectivity index (χ1) is 10.7. The average Bonchev–Trinajstić information content (AvgIpc) is 2.82. The van der Waals surface area contributed by atoms with Crippen LogP contribution in [0.5, 0.6) is 0 Å². The van der Waals surface area contributed by atoms with Crippen molar-refractivity contribution in [2.75, 3.05) is 6.54 Å². The molecular formula is C17H20ClFN2O2. The number of nitriles is 1. The maximum absolute atomic E-state index is 14.3. The monoisotopic (exact) mass is 338 g/mol. The van der Waals surface area contributed by atoms with Crippen LogP contribution in [0.25, 0.3) is 0 Å². The van der Waals surface area contributed by atoms with Crippen LogP contribution in [0.2, 0.25) is 5.02 Å². The van der Waals surface area contributed by atoms with Crippen LogP contribution in [0.1, 0.15) is 38.7 Å². The Hall–Kier alpha value is -1.64. The number of hydrogen-bond acceptors (Lipinski definition) is 4. The molecule has 23 heavy (non-hydrogen) atoms. The molecule has 2 rings (SSSR count). The smallest absolute Gasteiger partial charge is 0.303 e. The Morgan fingerprint density at radius 2 is 2.26 bits per heavy atom. The molecule has 0 aliphatic carbocycles. The zero-order chi connectivity index (χ0) is 17.2. The lowest BCUT2D eigenvalue weighted by molar-refractivity contribution is -0.154. The van der Waals surface area contributed by atoms with Gasteiger partial charge in [-0.1, -0.05) is 23.7 Å². The number of nitrogens with zero attached hydrogens (tertiary/aromatic N) is 1. The van der Waals surface area contributed by atoms with Crippen molar-refractivity contribution in [3.63, 3.8) is 0 Å². The Morgan fingerprint density at radius 1 is 1.57 bits per heavy atom. The van der Waals surface area contributed by atoms with Gasteiger partial charge in [-0.3, -0.25) is 4.79 Å². The third kappa shape index (κ3) is 4.01. The molecule has 1 aromatic carbocycles. The molecule has 0 saturated carbocycles. The van der Waals surface area contributed by atoms with E-state index in [1.54, 1.807) is 26.0 Å². The molecule has 1 saturated heterocycles. The van der Waals surface area contributed by atoms with Gasteiger partial charge in [0, 0.05) is 31.8 Å². The number of ether oxygens (including phenoxy) is 1. The molecule has 1 heterocycles. The predicted octanol–water partition coefficient (Wildman–Crippen LogP) is 3.41. The van der Waals surface area contributed by atoms with Crippen molar-refractivity contribution in [1.29, 1.82) is 5.26 Å². The molecule has 3 atom stereocenters. The molecular weight excluding hydrogens is 319 g/mol. The molecule has 1 aliphatic rings. The molecule has 4 nitrogen and oxygen atoms in total. The van der Waals surface area contributed by atoms with Gasteiger partial charge in [0.2, 0.25) is 0 Å². The molecule has 1 fully saturated rings. The lowest BCUT2D eigenvalue weighted by atomic mass is 9.82.